The number of carbonyl (C=O) groups excluding carboxylic acids is 1. The summed E-state index contributed by atoms with van der Waals surface area (Å²) >= 11 is 0. The van der Waals surface area contributed by atoms with Crippen LogP contribution in [-0.4, -0.2) is 15.7 Å². The Hall–Kier alpha value is -1.35. The summed E-state index contributed by atoms with van der Waals surface area (Å²) in [6.45, 7) is 5.33. The largest absolute Gasteiger partial charge is 0.508 e. The van der Waals surface area contributed by atoms with Crippen molar-refractivity contribution in [2.45, 2.75) is 6.92 Å². The lowest BCUT2D eigenvalue weighted by molar-refractivity contribution is -0.128. The Kier molecular flexibility index (Phi) is 3.46. The fourth-order valence-corrected chi connectivity index (χ4v) is 1.38. The van der Waals surface area contributed by atoms with E-state index in [9.17, 15) is 4.79 Å². The van der Waals surface area contributed by atoms with Crippen molar-refractivity contribution >= 4 is 20.9 Å². The van der Waals surface area contributed by atoms with Crippen LogP contribution in [0.3, 0.4) is 0 Å². The van der Waals surface area contributed by atoms with Crippen LogP contribution in [0.2, 0.25) is 0 Å². The fourth-order valence-electron chi connectivity index (χ4n) is 0.772. The van der Waals surface area contributed by atoms with E-state index in [2.05, 4.69) is 6.58 Å². The van der Waals surface area contributed by atoms with Gasteiger partial charge < -0.3 is 4.43 Å². The standard InChI is InChI=1S/C10H10O2Si/c1-3-10(11)12-13-9-6-4-8(2)5-7-9/h3-7H,1H2,2H3. The maximum absolute atomic E-state index is 10.7. The Morgan fingerprint density at radius 1 is 1.46 bits per heavy atom. The highest BCUT2D eigenvalue weighted by Crippen LogP contribution is 1.92. The van der Waals surface area contributed by atoms with Crippen LogP contribution < -0.4 is 5.19 Å². The minimum absolute atomic E-state index is 0.0672. The molecule has 0 saturated carbocycles. The molecule has 3 heteroatoms. The number of rotatable bonds is 3. The molecule has 0 heterocycles. The van der Waals surface area contributed by atoms with Crippen LogP contribution in [0, 0.1) is 6.92 Å². The van der Waals surface area contributed by atoms with E-state index in [0.717, 1.165) is 5.19 Å². The van der Waals surface area contributed by atoms with Crippen molar-refractivity contribution in [2.75, 3.05) is 0 Å². The summed E-state index contributed by atoms with van der Waals surface area (Å²) in [6.07, 6.45) is 1.17. The van der Waals surface area contributed by atoms with E-state index in [4.69, 9.17) is 4.43 Å². The molecule has 0 amide bonds. The van der Waals surface area contributed by atoms with E-state index >= 15 is 0 Å². The van der Waals surface area contributed by atoms with Crippen LogP contribution in [0.15, 0.2) is 36.9 Å². The van der Waals surface area contributed by atoms with Gasteiger partial charge in [0.1, 0.15) is 0 Å². The van der Waals surface area contributed by atoms with Gasteiger partial charge in [0, 0.05) is 6.08 Å². The van der Waals surface area contributed by atoms with Gasteiger partial charge >= 0.3 is 15.7 Å². The van der Waals surface area contributed by atoms with Gasteiger partial charge in [-0.15, -0.1) is 0 Å². The second kappa shape index (κ2) is 4.62. The summed E-state index contributed by atoms with van der Waals surface area (Å²) in [5, 5.41) is 1.01. The lowest BCUT2D eigenvalue weighted by Crippen LogP contribution is -2.19. The Labute approximate surface area is 80.2 Å². The maximum atomic E-state index is 10.7. The number of hydrogen-bond acceptors (Lipinski definition) is 2. The molecule has 0 spiro atoms. The average Bonchev–Trinajstić information content (AvgIpc) is 2.16. The van der Waals surface area contributed by atoms with E-state index in [1.165, 1.54) is 11.6 Å². The van der Waals surface area contributed by atoms with Crippen LogP contribution in [-0.2, 0) is 9.22 Å². The van der Waals surface area contributed by atoms with Gasteiger partial charge in [-0.1, -0.05) is 36.4 Å². The van der Waals surface area contributed by atoms with Crippen molar-refractivity contribution < 1.29 is 9.22 Å². The highest BCUT2D eigenvalue weighted by Gasteiger charge is 2.00. The van der Waals surface area contributed by atoms with Gasteiger partial charge in [-0.25, -0.2) is 4.79 Å². The molecular weight excluding hydrogens is 180 g/mol. The van der Waals surface area contributed by atoms with E-state index in [-0.39, 0.29) is 15.7 Å². The average molecular weight is 190 g/mol. The topological polar surface area (TPSA) is 26.3 Å². The molecule has 2 nitrogen and oxygen atoms in total. The molecule has 0 atom stereocenters. The molecule has 2 radical (unpaired) electrons. The third-order valence-corrected chi connectivity index (χ3v) is 2.36. The van der Waals surface area contributed by atoms with Gasteiger partial charge in [-0.2, -0.15) is 0 Å². The SMILES string of the molecule is C=CC(=O)O[Si]c1ccc(C)cc1. The summed E-state index contributed by atoms with van der Waals surface area (Å²) in [7, 11) is 0.0672. The Morgan fingerprint density at radius 3 is 2.62 bits per heavy atom. The summed E-state index contributed by atoms with van der Waals surface area (Å²) in [6, 6.07) is 7.88. The molecule has 0 saturated heterocycles. The predicted molar refractivity (Wildman–Crippen MR) is 52.9 cm³/mol. The highest BCUT2D eigenvalue weighted by atomic mass is 28.2. The molecule has 0 N–H and O–H groups in total. The number of aryl methyl sites for hydroxylation is 1. The van der Waals surface area contributed by atoms with Crippen LogP contribution in [0.4, 0.5) is 0 Å². The minimum Gasteiger partial charge on any atom is -0.508 e. The second-order valence-corrected chi connectivity index (χ2v) is 3.58. The fraction of sp³-hybridized carbons (Fsp3) is 0.100. The zero-order chi connectivity index (χ0) is 9.68. The molecule has 1 rings (SSSR count). The zero-order valence-electron chi connectivity index (χ0n) is 7.41. The molecular formula is C10H10O2Si. The molecule has 0 unspecified atom stereocenters. The van der Waals surface area contributed by atoms with Crippen molar-refractivity contribution in [1.82, 2.24) is 0 Å². The normalized spacial score (nSPS) is 9.31. The Bertz CT molecular complexity index is 303. The molecule has 66 valence electrons. The third kappa shape index (κ3) is 3.25. The van der Waals surface area contributed by atoms with E-state index in [1.807, 2.05) is 31.2 Å². The van der Waals surface area contributed by atoms with Gasteiger partial charge in [-0.05, 0) is 12.1 Å². The predicted octanol–water partition coefficient (Wildman–Crippen LogP) is 0.969. The lowest BCUT2D eigenvalue weighted by Gasteiger charge is -1.99. The Balaban J connectivity index is 2.50. The zero-order valence-corrected chi connectivity index (χ0v) is 8.41. The highest BCUT2D eigenvalue weighted by molar-refractivity contribution is 6.49. The monoisotopic (exact) mass is 190 g/mol. The number of hydrogen-bond donors (Lipinski definition) is 0. The van der Waals surface area contributed by atoms with Crippen molar-refractivity contribution in [3.05, 3.63) is 42.5 Å². The molecule has 13 heavy (non-hydrogen) atoms. The van der Waals surface area contributed by atoms with Gasteiger partial charge in [0.15, 0.2) is 0 Å². The van der Waals surface area contributed by atoms with Crippen LogP contribution >= 0.6 is 0 Å². The molecule has 0 aliphatic carbocycles. The molecule has 0 aliphatic heterocycles. The first kappa shape index (κ1) is 9.73. The third-order valence-electron chi connectivity index (χ3n) is 1.49. The summed E-state index contributed by atoms with van der Waals surface area (Å²) in [4.78, 5) is 10.7. The smallest absolute Gasteiger partial charge is 0.355 e. The van der Waals surface area contributed by atoms with Crippen LogP contribution in [0.5, 0.6) is 0 Å². The van der Waals surface area contributed by atoms with Gasteiger partial charge in [0.05, 0.1) is 0 Å². The summed E-state index contributed by atoms with van der Waals surface area (Å²) in [5.41, 5.74) is 1.20. The molecule has 1 aromatic rings. The lowest BCUT2D eigenvalue weighted by atomic mass is 10.2. The number of carbonyl (C=O) groups is 1. The molecule has 0 aliphatic rings. The van der Waals surface area contributed by atoms with Gasteiger partial charge in [-0.3, -0.25) is 0 Å². The first-order chi connectivity index (χ1) is 6.22. The first-order valence-corrected chi connectivity index (χ1v) is 4.79. The maximum Gasteiger partial charge on any atom is 0.355 e. The quantitative estimate of drug-likeness (QED) is 0.524. The molecule has 0 bridgehead atoms. The van der Waals surface area contributed by atoms with E-state index < -0.39 is 0 Å². The van der Waals surface area contributed by atoms with Crippen LogP contribution in [0.25, 0.3) is 0 Å². The van der Waals surface area contributed by atoms with Crippen molar-refractivity contribution in [1.29, 1.82) is 0 Å². The van der Waals surface area contributed by atoms with Crippen molar-refractivity contribution in [2.24, 2.45) is 0 Å². The molecule has 0 aromatic heterocycles. The summed E-state index contributed by atoms with van der Waals surface area (Å²) in [5.74, 6) is -0.376. The molecule has 1 aromatic carbocycles. The van der Waals surface area contributed by atoms with Gasteiger partial charge in [0.2, 0.25) is 0 Å². The summed E-state index contributed by atoms with van der Waals surface area (Å²) < 4.78 is 4.89. The minimum atomic E-state index is -0.376. The number of benzene rings is 1. The first-order valence-electron chi connectivity index (χ1n) is 3.88. The van der Waals surface area contributed by atoms with E-state index in [0.29, 0.717) is 0 Å². The molecule has 0 fully saturated rings. The van der Waals surface area contributed by atoms with E-state index in [1.54, 1.807) is 0 Å². The Morgan fingerprint density at radius 2 is 2.08 bits per heavy atom. The van der Waals surface area contributed by atoms with Crippen molar-refractivity contribution in [3.8, 4) is 0 Å². The van der Waals surface area contributed by atoms with Crippen LogP contribution in [0.1, 0.15) is 5.56 Å². The van der Waals surface area contributed by atoms with Crippen molar-refractivity contribution in [3.63, 3.8) is 0 Å². The van der Waals surface area contributed by atoms with Gasteiger partial charge in [0.25, 0.3) is 0 Å². The second-order valence-electron chi connectivity index (χ2n) is 2.59.